The number of pyridine rings is 1. The third-order valence-corrected chi connectivity index (χ3v) is 6.02. The Morgan fingerprint density at radius 1 is 1.25 bits per heavy atom. The third kappa shape index (κ3) is 4.49. The van der Waals surface area contributed by atoms with Crippen LogP contribution in [0.4, 0.5) is 4.39 Å². The fourth-order valence-electron chi connectivity index (χ4n) is 4.32. The molecule has 3 heterocycles. The van der Waals surface area contributed by atoms with Crippen molar-refractivity contribution in [1.82, 2.24) is 25.2 Å². The van der Waals surface area contributed by atoms with Crippen molar-refractivity contribution in [2.45, 2.75) is 32.4 Å². The van der Waals surface area contributed by atoms with Gasteiger partial charge in [-0.25, -0.2) is 14.9 Å². The maximum atomic E-state index is 13.3. The molecule has 32 heavy (non-hydrogen) atoms. The predicted molar refractivity (Wildman–Crippen MR) is 117 cm³/mol. The van der Waals surface area contributed by atoms with Gasteiger partial charge in [0.05, 0.1) is 17.3 Å². The zero-order valence-corrected chi connectivity index (χ0v) is 17.8. The number of nitrogens with one attached hydrogen (secondary N) is 2. The van der Waals surface area contributed by atoms with Crippen LogP contribution < -0.4 is 10.8 Å². The van der Waals surface area contributed by atoms with Crippen molar-refractivity contribution in [2.24, 2.45) is 0 Å². The quantitative estimate of drug-likeness (QED) is 0.388. The molecule has 1 saturated heterocycles. The molecule has 1 atom stereocenters. The average molecular weight is 439 g/mol. The molecule has 0 aliphatic carbocycles. The summed E-state index contributed by atoms with van der Waals surface area (Å²) in [5, 5.41) is 12.5. The van der Waals surface area contributed by atoms with Gasteiger partial charge < -0.3 is 9.88 Å². The van der Waals surface area contributed by atoms with Crippen LogP contribution in [0.1, 0.15) is 46.2 Å². The molecular weight excluding hydrogens is 413 g/mol. The molecule has 9 heteroatoms. The van der Waals surface area contributed by atoms with Gasteiger partial charge in [-0.3, -0.25) is 19.7 Å². The highest BCUT2D eigenvalue weighted by molar-refractivity contribution is 6.08. The Balaban J connectivity index is 1.65. The van der Waals surface area contributed by atoms with Crippen molar-refractivity contribution >= 4 is 22.7 Å². The molecule has 4 rings (SSSR count). The van der Waals surface area contributed by atoms with Crippen molar-refractivity contribution in [1.29, 1.82) is 0 Å². The molecule has 1 aliphatic rings. The molecule has 0 radical (unpaired) electrons. The van der Waals surface area contributed by atoms with E-state index in [1.54, 1.807) is 23.8 Å². The number of fused-ring (bicyclic) bond motifs is 1. The van der Waals surface area contributed by atoms with Gasteiger partial charge in [-0.2, -0.15) is 0 Å². The number of amides is 2. The van der Waals surface area contributed by atoms with Gasteiger partial charge in [-0.1, -0.05) is 19.1 Å². The van der Waals surface area contributed by atoms with Crippen LogP contribution in [0.3, 0.4) is 0 Å². The molecule has 168 valence electrons. The maximum absolute atomic E-state index is 13.3. The van der Waals surface area contributed by atoms with Gasteiger partial charge in [0.2, 0.25) is 0 Å². The summed E-state index contributed by atoms with van der Waals surface area (Å²) in [6, 6.07) is 7.94. The Kier molecular flexibility index (Phi) is 6.48. The summed E-state index contributed by atoms with van der Waals surface area (Å²) < 4.78 is 15.1. The van der Waals surface area contributed by atoms with E-state index in [9.17, 15) is 14.0 Å². The standard InChI is InChI=1S/C23H26FN5O3/c1-2-28-9-3-4-17(28)11-26-22(30)19-14-29(13-15-5-7-16(24)8-6-15)21-12-25-20(10-18(19)21)23(31)27-32/h5-8,10,12,14,17,32H,2-4,9,11,13H2,1H3,(H,26,30)(H,27,31). The number of rotatable bonds is 7. The Labute approximate surface area is 185 Å². The van der Waals surface area contributed by atoms with Crippen molar-refractivity contribution in [3.8, 4) is 0 Å². The first-order valence-electron chi connectivity index (χ1n) is 10.7. The van der Waals surface area contributed by atoms with E-state index in [0.717, 1.165) is 31.5 Å². The SMILES string of the molecule is CCN1CCCC1CNC(=O)c1cn(Cc2ccc(F)cc2)c2cnc(C(=O)NO)cc12. The zero-order valence-electron chi connectivity index (χ0n) is 17.8. The Morgan fingerprint density at radius 2 is 2.03 bits per heavy atom. The molecule has 1 aromatic carbocycles. The van der Waals surface area contributed by atoms with Crippen molar-refractivity contribution in [3.63, 3.8) is 0 Å². The largest absolute Gasteiger partial charge is 0.350 e. The number of aromatic nitrogens is 2. The number of likely N-dealkylation sites (tertiary alicyclic amines) is 1. The second kappa shape index (κ2) is 9.46. The van der Waals surface area contributed by atoms with Gasteiger partial charge in [0, 0.05) is 30.7 Å². The number of halogens is 1. The van der Waals surface area contributed by atoms with E-state index in [2.05, 4.69) is 22.1 Å². The maximum Gasteiger partial charge on any atom is 0.293 e. The minimum Gasteiger partial charge on any atom is -0.350 e. The fourth-order valence-corrected chi connectivity index (χ4v) is 4.32. The molecule has 1 aliphatic heterocycles. The predicted octanol–water partition coefficient (Wildman–Crippen LogP) is 2.56. The lowest BCUT2D eigenvalue weighted by molar-refractivity contribution is 0.0700. The molecule has 1 unspecified atom stereocenters. The summed E-state index contributed by atoms with van der Waals surface area (Å²) in [6.07, 6.45) is 5.38. The van der Waals surface area contributed by atoms with E-state index in [-0.39, 0.29) is 17.4 Å². The lowest BCUT2D eigenvalue weighted by Crippen LogP contribution is -2.40. The Morgan fingerprint density at radius 3 is 2.75 bits per heavy atom. The zero-order chi connectivity index (χ0) is 22.7. The van der Waals surface area contributed by atoms with Crippen LogP contribution in [0.5, 0.6) is 0 Å². The second-order valence-corrected chi connectivity index (χ2v) is 7.96. The molecule has 8 nitrogen and oxygen atoms in total. The normalized spacial score (nSPS) is 16.4. The topological polar surface area (TPSA) is 99.5 Å². The van der Waals surface area contributed by atoms with Gasteiger partial charge >= 0.3 is 0 Å². The van der Waals surface area contributed by atoms with Crippen LogP contribution in [0, 0.1) is 5.82 Å². The molecule has 2 amide bonds. The first-order chi connectivity index (χ1) is 15.5. The van der Waals surface area contributed by atoms with Gasteiger partial charge in [0.1, 0.15) is 11.5 Å². The number of carbonyl (C=O) groups is 2. The molecule has 2 aromatic heterocycles. The molecule has 3 N–H and O–H groups in total. The summed E-state index contributed by atoms with van der Waals surface area (Å²) in [4.78, 5) is 31.4. The molecule has 0 spiro atoms. The van der Waals surface area contributed by atoms with Gasteiger partial charge in [-0.15, -0.1) is 0 Å². The fraction of sp³-hybridized carbons (Fsp3) is 0.348. The monoisotopic (exact) mass is 439 g/mol. The van der Waals surface area contributed by atoms with E-state index >= 15 is 0 Å². The lowest BCUT2D eigenvalue weighted by atomic mass is 10.1. The smallest absolute Gasteiger partial charge is 0.293 e. The van der Waals surface area contributed by atoms with E-state index in [1.165, 1.54) is 24.4 Å². The average Bonchev–Trinajstić information content (AvgIpc) is 3.42. The minimum absolute atomic E-state index is 0.00142. The number of hydroxylamine groups is 1. The first-order valence-corrected chi connectivity index (χ1v) is 10.7. The summed E-state index contributed by atoms with van der Waals surface area (Å²) in [5.74, 6) is -1.31. The highest BCUT2D eigenvalue weighted by atomic mass is 19.1. The van der Waals surface area contributed by atoms with Gasteiger partial charge in [-0.05, 0) is 49.7 Å². The number of hydrogen-bond acceptors (Lipinski definition) is 5. The van der Waals surface area contributed by atoms with E-state index < -0.39 is 5.91 Å². The van der Waals surface area contributed by atoms with Crippen molar-refractivity contribution in [3.05, 3.63) is 65.4 Å². The van der Waals surface area contributed by atoms with Crippen LogP contribution >= 0.6 is 0 Å². The molecule has 3 aromatic rings. The summed E-state index contributed by atoms with van der Waals surface area (Å²) in [5.41, 5.74) is 3.50. The molecule has 0 saturated carbocycles. The van der Waals surface area contributed by atoms with Gasteiger partial charge in [0.25, 0.3) is 11.8 Å². The number of benzene rings is 1. The van der Waals surface area contributed by atoms with Crippen LogP contribution in [-0.2, 0) is 6.54 Å². The van der Waals surface area contributed by atoms with E-state index in [1.807, 2.05) is 4.57 Å². The Bertz CT molecular complexity index is 1130. The highest BCUT2D eigenvalue weighted by Crippen LogP contribution is 2.24. The molecule has 0 bridgehead atoms. The molecular formula is C23H26FN5O3. The third-order valence-electron chi connectivity index (χ3n) is 6.02. The van der Waals surface area contributed by atoms with Crippen LogP contribution in [0.15, 0.2) is 42.7 Å². The number of hydrogen-bond donors (Lipinski definition) is 3. The summed E-state index contributed by atoms with van der Waals surface area (Å²) >= 11 is 0. The molecule has 1 fully saturated rings. The van der Waals surface area contributed by atoms with E-state index in [4.69, 9.17) is 5.21 Å². The van der Waals surface area contributed by atoms with E-state index in [0.29, 0.717) is 35.6 Å². The van der Waals surface area contributed by atoms with Gasteiger partial charge in [0.15, 0.2) is 0 Å². The number of likely N-dealkylation sites (N-methyl/N-ethyl adjacent to an activating group) is 1. The van der Waals surface area contributed by atoms with Crippen LogP contribution in [-0.4, -0.2) is 57.1 Å². The lowest BCUT2D eigenvalue weighted by Gasteiger charge is -2.22. The van der Waals surface area contributed by atoms with Crippen molar-refractivity contribution < 1.29 is 19.2 Å². The summed E-state index contributed by atoms with van der Waals surface area (Å²) in [6.45, 7) is 5.06. The van der Waals surface area contributed by atoms with Crippen LogP contribution in [0.25, 0.3) is 10.9 Å². The number of carbonyl (C=O) groups excluding carboxylic acids is 2. The van der Waals surface area contributed by atoms with Crippen molar-refractivity contribution in [2.75, 3.05) is 19.6 Å². The highest BCUT2D eigenvalue weighted by Gasteiger charge is 2.24. The van der Waals surface area contributed by atoms with Crippen LogP contribution in [0.2, 0.25) is 0 Å². The summed E-state index contributed by atoms with van der Waals surface area (Å²) in [7, 11) is 0. The first kappa shape index (κ1) is 21.9. The number of nitrogens with zero attached hydrogens (tertiary/aromatic N) is 3. The minimum atomic E-state index is -0.755. The second-order valence-electron chi connectivity index (χ2n) is 7.96. The Hall–Kier alpha value is -3.30.